The van der Waals surface area contributed by atoms with Crippen LogP contribution in [0.2, 0.25) is 10.0 Å². The van der Waals surface area contributed by atoms with E-state index in [4.69, 9.17) is 32.7 Å². The molecule has 6 amide bonds. The zero-order valence-corrected chi connectivity index (χ0v) is 29.5. The Labute approximate surface area is 309 Å². The van der Waals surface area contributed by atoms with Crippen molar-refractivity contribution < 1.29 is 28.7 Å². The number of urea groups is 2. The number of carbonyl (C=O) groups is 4. The topological polar surface area (TPSA) is 124 Å². The molecule has 4 aliphatic heterocycles. The molecule has 2 saturated heterocycles. The third kappa shape index (κ3) is 6.22. The Morgan fingerprint density at radius 2 is 0.981 bits per heavy atom. The van der Waals surface area contributed by atoms with Crippen LogP contribution >= 0.6 is 23.2 Å². The van der Waals surface area contributed by atoms with Crippen LogP contribution in [-0.4, -0.2) is 99.2 Å². The number of nitrogens with one attached hydrogen (secondary N) is 2. The monoisotopic (exact) mass is 740 g/mol. The van der Waals surface area contributed by atoms with Gasteiger partial charge in [-0.2, -0.15) is 0 Å². The normalized spacial score (nSPS) is 16.7. The number of rotatable bonds is 9. The lowest BCUT2D eigenvalue weighted by atomic mass is 9.95. The van der Waals surface area contributed by atoms with Gasteiger partial charge in [0.05, 0.1) is 21.4 Å². The van der Waals surface area contributed by atoms with Crippen molar-refractivity contribution in [1.29, 1.82) is 0 Å². The van der Waals surface area contributed by atoms with Crippen molar-refractivity contribution in [2.45, 2.75) is 0 Å². The molecule has 4 aromatic rings. The lowest BCUT2D eigenvalue weighted by Crippen LogP contribution is -2.44. The second-order valence-electron chi connectivity index (χ2n) is 12.8. The highest BCUT2D eigenvalue weighted by atomic mass is 35.5. The minimum Gasteiger partial charge on any atom is -0.482 e. The van der Waals surface area contributed by atoms with E-state index in [0.29, 0.717) is 85.3 Å². The number of hydrogen-bond donors (Lipinski definition) is 2. The van der Waals surface area contributed by atoms with Gasteiger partial charge in [0.15, 0.2) is 13.2 Å². The molecule has 4 aliphatic rings. The number of anilines is 2. The summed E-state index contributed by atoms with van der Waals surface area (Å²) in [4.78, 5) is 56.4. The first-order chi connectivity index (χ1) is 25.3. The van der Waals surface area contributed by atoms with E-state index in [0.717, 1.165) is 33.4 Å². The van der Waals surface area contributed by atoms with Crippen LogP contribution in [0.5, 0.6) is 11.5 Å². The van der Waals surface area contributed by atoms with Crippen LogP contribution in [0.25, 0.3) is 33.4 Å². The number of benzene rings is 4. The molecule has 4 heterocycles. The van der Waals surface area contributed by atoms with E-state index in [2.05, 4.69) is 10.6 Å². The van der Waals surface area contributed by atoms with E-state index in [1.807, 2.05) is 72.8 Å². The molecule has 52 heavy (non-hydrogen) atoms. The van der Waals surface area contributed by atoms with E-state index in [-0.39, 0.29) is 37.1 Å². The van der Waals surface area contributed by atoms with E-state index in [1.54, 1.807) is 19.6 Å². The van der Waals surface area contributed by atoms with Crippen LogP contribution in [0.1, 0.15) is 0 Å². The van der Waals surface area contributed by atoms with Gasteiger partial charge >= 0.3 is 12.1 Å². The van der Waals surface area contributed by atoms with Crippen molar-refractivity contribution >= 4 is 58.5 Å². The van der Waals surface area contributed by atoms with Gasteiger partial charge in [-0.15, -0.1) is 0 Å². The average Bonchev–Trinajstić information content (AvgIpc) is 3.77. The number of hydrogen-bond acceptors (Lipinski definition) is 6. The van der Waals surface area contributed by atoms with Crippen LogP contribution in [0.4, 0.5) is 21.0 Å². The SMILES string of the molecule is O=C1NCCN1CCN1C(=O)COc2cc(-c3cccc(-c4cccc(-c5ccc6c(c5)OCC(=O)N6CCN5CCNC5=O)c4Cl)c3Cl)ccc21. The molecule has 0 saturated carbocycles. The van der Waals surface area contributed by atoms with E-state index in [1.165, 1.54) is 0 Å². The largest absolute Gasteiger partial charge is 0.482 e. The molecule has 12 nitrogen and oxygen atoms in total. The summed E-state index contributed by atoms with van der Waals surface area (Å²) in [5.41, 5.74) is 5.91. The van der Waals surface area contributed by atoms with Gasteiger partial charge in [-0.3, -0.25) is 9.59 Å². The van der Waals surface area contributed by atoms with E-state index < -0.39 is 0 Å². The Morgan fingerprint density at radius 3 is 1.38 bits per heavy atom. The summed E-state index contributed by atoms with van der Waals surface area (Å²) in [5.74, 6) is 0.777. The van der Waals surface area contributed by atoms with Gasteiger partial charge in [-0.05, 0) is 35.4 Å². The summed E-state index contributed by atoms with van der Waals surface area (Å²) >= 11 is 14.3. The predicted molar refractivity (Wildman–Crippen MR) is 198 cm³/mol. The molecule has 0 aromatic heterocycles. The smallest absolute Gasteiger partial charge is 0.317 e. The molecule has 0 bridgehead atoms. The summed E-state index contributed by atoms with van der Waals surface area (Å²) in [5, 5.41) is 6.57. The molecule has 14 heteroatoms. The maximum atomic E-state index is 12.8. The van der Waals surface area contributed by atoms with Gasteiger partial charge in [-0.25, -0.2) is 9.59 Å². The fourth-order valence-corrected chi connectivity index (χ4v) is 7.72. The van der Waals surface area contributed by atoms with Crippen molar-refractivity contribution in [2.75, 3.05) is 75.4 Å². The highest BCUT2D eigenvalue weighted by Gasteiger charge is 2.30. The Morgan fingerprint density at radius 1 is 0.558 bits per heavy atom. The number of fused-ring (bicyclic) bond motifs is 2. The Hall–Kier alpha value is -5.46. The predicted octanol–water partition coefficient (Wildman–Crippen LogP) is 5.50. The van der Waals surface area contributed by atoms with Gasteiger partial charge in [0.25, 0.3) is 11.8 Å². The van der Waals surface area contributed by atoms with Crippen molar-refractivity contribution in [3.63, 3.8) is 0 Å². The van der Waals surface area contributed by atoms with Crippen LogP contribution in [0.15, 0.2) is 72.8 Å². The quantitative estimate of drug-likeness (QED) is 0.234. The van der Waals surface area contributed by atoms with Gasteiger partial charge in [0, 0.05) is 74.6 Å². The minimum absolute atomic E-state index is 0.0990. The number of ether oxygens (including phenoxy) is 2. The number of carbonyl (C=O) groups excluding carboxylic acids is 4. The Balaban J connectivity index is 1.05. The first-order valence-electron chi connectivity index (χ1n) is 17.0. The first-order valence-corrected chi connectivity index (χ1v) is 17.8. The van der Waals surface area contributed by atoms with Crippen molar-refractivity contribution in [2.24, 2.45) is 0 Å². The summed E-state index contributed by atoms with van der Waals surface area (Å²) < 4.78 is 11.7. The number of amides is 6. The van der Waals surface area contributed by atoms with Gasteiger partial charge in [0.2, 0.25) is 0 Å². The molecule has 266 valence electrons. The third-order valence-corrected chi connectivity index (χ3v) is 10.6. The molecule has 2 fully saturated rings. The van der Waals surface area contributed by atoms with Crippen LogP contribution in [-0.2, 0) is 9.59 Å². The van der Waals surface area contributed by atoms with Crippen molar-refractivity contribution in [1.82, 2.24) is 20.4 Å². The molecular formula is C38H34Cl2N6O6. The summed E-state index contributed by atoms with van der Waals surface area (Å²) in [7, 11) is 0. The Bertz CT molecular complexity index is 1980. The van der Waals surface area contributed by atoms with Crippen molar-refractivity contribution in [3.8, 4) is 44.9 Å². The molecular weight excluding hydrogens is 707 g/mol. The maximum Gasteiger partial charge on any atom is 0.317 e. The molecule has 2 N–H and O–H groups in total. The van der Waals surface area contributed by atoms with Crippen LogP contribution in [0, 0.1) is 0 Å². The Kier molecular flexibility index (Phi) is 9.02. The first kappa shape index (κ1) is 33.7. The van der Waals surface area contributed by atoms with E-state index in [9.17, 15) is 19.2 Å². The highest BCUT2D eigenvalue weighted by Crippen LogP contribution is 2.45. The lowest BCUT2D eigenvalue weighted by Gasteiger charge is -2.31. The molecule has 0 unspecified atom stereocenters. The summed E-state index contributed by atoms with van der Waals surface area (Å²) in [6.45, 7) is 3.77. The molecule has 4 aromatic carbocycles. The summed E-state index contributed by atoms with van der Waals surface area (Å²) in [6, 6.07) is 22.5. The third-order valence-electron chi connectivity index (χ3n) is 9.79. The van der Waals surface area contributed by atoms with Gasteiger partial charge < -0.3 is 39.7 Å². The zero-order valence-electron chi connectivity index (χ0n) is 28.0. The van der Waals surface area contributed by atoms with Gasteiger partial charge in [0.1, 0.15) is 11.5 Å². The fraction of sp³-hybridized carbons (Fsp3) is 0.263. The maximum absolute atomic E-state index is 12.8. The average molecular weight is 742 g/mol. The zero-order chi connectivity index (χ0) is 35.9. The molecule has 0 radical (unpaired) electrons. The number of nitrogens with zero attached hydrogens (tertiary/aromatic N) is 4. The van der Waals surface area contributed by atoms with Crippen LogP contribution < -0.4 is 29.9 Å². The highest BCUT2D eigenvalue weighted by molar-refractivity contribution is 6.39. The standard InChI is InChI=1S/C38H34Cl2N6O6/c39-35-25(23-7-9-29-31(19-23)51-21-33(47)45(29)17-15-43-13-11-41-37(43)49)3-1-5-27(35)28-6-2-4-26(36(28)40)24-8-10-30-32(20-24)52-22-34(48)46(30)18-16-44-14-12-42-38(44)50/h1-10,19-20H,11-18,21-22H2,(H,41,49)(H,42,50). The van der Waals surface area contributed by atoms with E-state index >= 15 is 0 Å². The number of halogens is 2. The molecule has 0 aliphatic carbocycles. The van der Waals surface area contributed by atoms with Crippen molar-refractivity contribution in [3.05, 3.63) is 82.8 Å². The molecule has 0 spiro atoms. The second kappa shape index (κ2) is 13.9. The lowest BCUT2D eigenvalue weighted by molar-refractivity contribution is -0.122. The summed E-state index contributed by atoms with van der Waals surface area (Å²) in [6.07, 6.45) is 0. The van der Waals surface area contributed by atoms with Gasteiger partial charge in [-0.1, -0.05) is 71.7 Å². The molecule has 8 rings (SSSR count). The fourth-order valence-electron chi connectivity index (χ4n) is 7.05. The van der Waals surface area contributed by atoms with Crippen LogP contribution in [0.3, 0.4) is 0 Å². The second-order valence-corrected chi connectivity index (χ2v) is 13.6. The minimum atomic E-state index is -0.168. The molecule has 0 atom stereocenters.